The minimum atomic E-state index is 0.585. The molecule has 1 fully saturated rings. The molecular formula is C16H24N4O. The molecule has 1 saturated heterocycles. The van der Waals surface area contributed by atoms with Crippen molar-refractivity contribution in [2.24, 2.45) is 4.99 Å². The van der Waals surface area contributed by atoms with Gasteiger partial charge in [0.25, 0.3) is 0 Å². The Bertz CT molecular complexity index is 574. The average Bonchev–Trinajstić information content (AvgIpc) is 2.53. The number of hydrogen-bond donors (Lipinski definition) is 1. The molecule has 0 aromatic heterocycles. The predicted molar refractivity (Wildman–Crippen MR) is 82.9 cm³/mol. The number of rotatable bonds is 5. The Kier molecular flexibility index (Phi) is 4.85. The average molecular weight is 288 g/mol. The second-order valence-corrected chi connectivity index (χ2v) is 5.72. The van der Waals surface area contributed by atoms with Crippen LogP contribution in [0.3, 0.4) is 0 Å². The van der Waals surface area contributed by atoms with Gasteiger partial charge in [0.2, 0.25) is 0 Å². The highest BCUT2D eigenvalue weighted by Crippen LogP contribution is 2.08. The number of para-hydroxylation sites is 1. The summed E-state index contributed by atoms with van der Waals surface area (Å²) in [6, 6.07) is 8.78. The van der Waals surface area contributed by atoms with Crippen molar-refractivity contribution in [3.05, 3.63) is 34.8 Å². The quantitative estimate of drug-likeness (QED) is 0.770. The highest BCUT2D eigenvalue weighted by atomic mass is 16.7. The van der Waals surface area contributed by atoms with Gasteiger partial charge < -0.3 is 10.2 Å². The van der Waals surface area contributed by atoms with Crippen LogP contribution in [0.2, 0.25) is 0 Å². The molecule has 5 heteroatoms. The summed E-state index contributed by atoms with van der Waals surface area (Å²) in [4.78, 5) is 12.8. The lowest BCUT2D eigenvalue weighted by atomic mass is 10.1. The first-order chi connectivity index (χ1) is 10.3. The SMILES string of the molecule is CN1CCNCC1CCCON1C=c2ccccc2=NC1. The lowest BCUT2D eigenvalue weighted by Crippen LogP contribution is -2.49. The first kappa shape index (κ1) is 14.5. The van der Waals surface area contributed by atoms with Crippen LogP contribution in [0.15, 0.2) is 29.3 Å². The smallest absolute Gasteiger partial charge is 0.135 e. The summed E-state index contributed by atoms with van der Waals surface area (Å²) in [6.45, 7) is 4.67. The van der Waals surface area contributed by atoms with Gasteiger partial charge in [0, 0.05) is 37.1 Å². The van der Waals surface area contributed by atoms with E-state index >= 15 is 0 Å². The van der Waals surface area contributed by atoms with Gasteiger partial charge in [0.05, 0.1) is 12.0 Å². The van der Waals surface area contributed by atoms with E-state index in [9.17, 15) is 0 Å². The maximum Gasteiger partial charge on any atom is 0.135 e. The van der Waals surface area contributed by atoms with Crippen LogP contribution in [0, 0.1) is 0 Å². The lowest BCUT2D eigenvalue weighted by molar-refractivity contribution is -0.106. The van der Waals surface area contributed by atoms with Crippen molar-refractivity contribution >= 4 is 6.20 Å². The summed E-state index contributed by atoms with van der Waals surface area (Å²) in [5.74, 6) is 0. The summed E-state index contributed by atoms with van der Waals surface area (Å²) < 4.78 is 0. The van der Waals surface area contributed by atoms with Crippen LogP contribution in [-0.4, -0.2) is 56.0 Å². The van der Waals surface area contributed by atoms with E-state index in [1.807, 2.05) is 29.5 Å². The monoisotopic (exact) mass is 288 g/mol. The van der Waals surface area contributed by atoms with E-state index in [0.29, 0.717) is 12.7 Å². The number of fused-ring (bicyclic) bond motifs is 1. The highest BCUT2D eigenvalue weighted by molar-refractivity contribution is 5.22. The van der Waals surface area contributed by atoms with Gasteiger partial charge in [-0.25, -0.2) is 5.06 Å². The molecule has 2 aliphatic heterocycles. The fraction of sp³-hybridized carbons (Fsp3) is 0.562. The molecule has 1 unspecified atom stereocenters. The number of hydroxylamine groups is 2. The van der Waals surface area contributed by atoms with Crippen molar-refractivity contribution in [1.29, 1.82) is 0 Å². The summed E-state index contributed by atoms with van der Waals surface area (Å²) in [5, 5.41) is 7.46. The van der Waals surface area contributed by atoms with E-state index in [0.717, 1.165) is 43.2 Å². The van der Waals surface area contributed by atoms with E-state index in [2.05, 4.69) is 28.3 Å². The van der Waals surface area contributed by atoms with Crippen LogP contribution < -0.4 is 15.9 Å². The molecule has 0 amide bonds. The molecule has 0 spiro atoms. The molecule has 1 aromatic carbocycles. The van der Waals surface area contributed by atoms with Gasteiger partial charge in [0.1, 0.15) is 6.67 Å². The third-order valence-electron chi connectivity index (χ3n) is 4.18. The topological polar surface area (TPSA) is 40.1 Å². The number of piperazine rings is 1. The van der Waals surface area contributed by atoms with E-state index in [-0.39, 0.29) is 0 Å². The maximum absolute atomic E-state index is 5.81. The molecule has 2 aliphatic rings. The van der Waals surface area contributed by atoms with Gasteiger partial charge in [-0.1, -0.05) is 18.2 Å². The predicted octanol–water partition coefficient (Wildman–Crippen LogP) is -0.0673. The largest absolute Gasteiger partial charge is 0.314 e. The van der Waals surface area contributed by atoms with Crippen molar-refractivity contribution in [3.63, 3.8) is 0 Å². The first-order valence-electron chi connectivity index (χ1n) is 7.75. The van der Waals surface area contributed by atoms with E-state index < -0.39 is 0 Å². The Morgan fingerprint density at radius 1 is 1.38 bits per heavy atom. The molecule has 0 bridgehead atoms. The van der Waals surface area contributed by atoms with E-state index in [4.69, 9.17) is 4.84 Å². The summed E-state index contributed by atoms with van der Waals surface area (Å²) in [6.07, 6.45) is 4.28. The minimum absolute atomic E-state index is 0.585. The first-order valence-corrected chi connectivity index (χ1v) is 7.75. The zero-order valence-electron chi connectivity index (χ0n) is 12.7. The molecule has 3 rings (SSSR count). The molecule has 21 heavy (non-hydrogen) atoms. The van der Waals surface area contributed by atoms with Gasteiger partial charge in [0.15, 0.2) is 0 Å². The van der Waals surface area contributed by atoms with E-state index in [1.165, 1.54) is 6.42 Å². The summed E-state index contributed by atoms with van der Waals surface area (Å²) in [5.41, 5.74) is 0. The van der Waals surface area contributed by atoms with Crippen LogP contribution in [0.4, 0.5) is 0 Å². The van der Waals surface area contributed by atoms with Crippen LogP contribution >= 0.6 is 0 Å². The zero-order chi connectivity index (χ0) is 14.5. The molecule has 1 atom stereocenters. The Balaban J connectivity index is 1.43. The second kappa shape index (κ2) is 7.02. The molecule has 0 radical (unpaired) electrons. The van der Waals surface area contributed by atoms with Gasteiger partial charge in [-0.05, 0) is 26.0 Å². The van der Waals surface area contributed by atoms with Crippen molar-refractivity contribution in [2.75, 3.05) is 40.0 Å². The van der Waals surface area contributed by atoms with Gasteiger partial charge in [-0.2, -0.15) is 0 Å². The van der Waals surface area contributed by atoms with E-state index in [1.54, 1.807) is 0 Å². The third-order valence-corrected chi connectivity index (χ3v) is 4.18. The Morgan fingerprint density at radius 2 is 2.29 bits per heavy atom. The van der Waals surface area contributed by atoms with Crippen molar-refractivity contribution < 1.29 is 4.84 Å². The van der Waals surface area contributed by atoms with Crippen LogP contribution in [0.5, 0.6) is 0 Å². The molecular weight excluding hydrogens is 264 g/mol. The number of benzene rings is 1. The highest BCUT2D eigenvalue weighted by Gasteiger charge is 2.17. The number of likely N-dealkylation sites (N-methyl/N-ethyl adjacent to an activating group) is 1. The van der Waals surface area contributed by atoms with Crippen molar-refractivity contribution in [2.45, 2.75) is 18.9 Å². The normalized spacial score (nSPS) is 22.3. The molecule has 114 valence electrons. The van der Waals surface area contributed by atoms with Crippen LogP contribution in [0.25, 0.3) is 6.20 Å². The number of nitrogens with one attached hydrogen (secondary N) is 1. The molecule has 2 heterocycles. The van der Waals surface area contributed by atoms with Gasteiger partial charge in [-0.15, -0.1) is 0 Å². The zero-order valence-corrected chi connectivity index (χ0v) is 12.7. The Hall–Kier alpha value is -1.43. The molecule has 1 aromatic rings. The minimum Gasteiger partial charge on any atom is -0.314 e. The third kappa shape index (κ3) is 3.81. The number of hydrogen-bond acceptors (Lipinski definition) is 5. The fourth-order valence-electron chi connectivity index (χ4n) is 2.85. The summed E-state index contributed by atoms with van der Waals surface area (Å²) in [7, 11) is 2.21. The fourth-order valence-corrected chi connectivity index (χ4v) is 2.85. The van der Waals surface area contributed by atoms with Crippen LogP contribution in [-0.2, 0) is 4.84 Å². The standard InChI is InChI=1S/C16H24N4O/c1-19-9-8-17-11-15(19)6-4-10-21-20-12-14-5-2-3-7-16(14)18-13-20/h2-3,5,7,12,15,17H,4,6,8-11,13H2,1H3. The summed E-state index contributed by atoms with van der Waals surface area (Å²) >= 11 is 0. The van der Waals surface area contributed by atoms with Crippen LogP contribution in [0.1, 0.15) is 12.8 Å². The molecule has 0 aliphatic carbocycles. The van der Waals surface area contributed by atoms with Gasteiger partial charge >= 0.3 is 0 Å². The second-order valence-electron chi connectivity index (χ2n) is 5.72. The van der Waals surface area contributed by atoms with Gasteiger partial charge in [-0.3, -0.25) is 9.83 Å². The van der Waals surface area contributed by atoms with Crippen molar-refractivity contribution in [3.8, 4) is 0 Å². The molecule has 1 N–H and O–H groups in total. The van der Waals surface area contributed by atoms with Crippen molar-refractivity contribution in [1.82, 2.24) is 15.3 Å². The maximum atomic E-state index is 5.81. The Morgan fingerprint density at radius 3 is 3.19 bits per heavy atom. The molecule has 0 saturated carbocycles. The number of nitrogens with zero attached hydrogens (tertiary/aromatic N) is 3. The molecule has 5 nitrogen and oxygen atoms in total. The lowest BCUT2D eigenvalue weighted by Gasteiger charge is -2.33. The Labute approximate surface area is 125 Å².